The summed E-state index contributed by atoms with van der Waals surface area (Å²) >= 11 is 0. The standard InChI is InChI=1S/C23H31FN4O5/c1-5-32-20(29)18-17(25-21(30)26-19(18)15-6-8-16(24)9-7-15)14-27-10-12-28(13-11-27)22(31)33-23(2,3)4/h6-9,19H,5,10-14H2,1-4H3,(H2,25,26,30)/t19-/m0/s1. The zero-order valence-electron chi connectivity index (χ0n) is 19.4. The largest absolute Gasteiger partial charge is 0.463 e. The molecule has 0 unspecified atom stereocenters. The van der Waals surface area contributed by atoms with E-state index >= 15 is 0 Å². The summed E-state index contributed by atoms with van der Waals surface area (Å²) < 4.78 is 24.1. The lowest BCUT2D eigenvalue weighted by atomic mass is 9.95. The quantitative estimate of drug-likeness (QED) is 0.653. The second kappa shape index (κ2) is 10.2. The first-order valence-corrected chi connectivity index (χ1v) is 11.0. The first-order valence-electron chi connectivity index (χ1n) is 11.0. The van der Waals surface area contributed by atoms with Gasteiger partial charge in [-0.2, -0.15) is 0 Å². The summed E-state index contributed by atoms with van der Waals surface area (Å²) in [4.78, 5) is 41.2. The molecule has 0 aromatic heterocycles. The summed E-state index contributed by atoms with van der Waals surface area (Å²) in [5.74, 6) is -0.967. The van der Waals surface area contributed by atoms with Crippen molar-refractivity contribution in [2.75, 3.05) is 39.3 Å². The van der Waals surface area contributed by atoms with Crippen LogP contribution < -0.4 is 10.6 Å². The van der Waals surface area contributed by atoms with Crippen LogP contribution in [0.4, 0.5) is 14.0 Å². The van der Waals surface area contributed by atoms with Crippen molar-refractivity contribution in [3.63, 3.8) is 0 Å². The molecule has 0 saturated carbocycles. The average Bonchev–Trinajstić information content (AvgIpc) is 2.73. The molecule has 0 spiro atoms. The predicted molar refractivity (Wildman–Crippen MR) is 119 cm³/mol. The molecule has 1 aromatic rings. The molecule has 1 aromatic carbocycles. The molecule has 0 bridgehead atoms. The molecular formula is C23H31FN4O5. The van der Waals surface area contributed by atoms with Crippen LogP contribution in [0.25, 0.3) is 0 Å². The lowest BCUT2D eigenvalue weighted by molar-refractivity contribution is -0.139. The highest BCUT2D eigenvalue weighted by Crippen LogP contribution is 2.28. The Bertz CT molecular complexity index is 918. The Kier molecular flexibility index (Phi) is 7.57. The fourth-order valence-electron chi connectivity index (χ4n) is 3.74. The van der Waals surface area contributed by atoms with Crippen LogP contribution >= 0.6 is 0 Å². The Labute approximate surface area is 192 Å². The normalized spacial score (nSPS) is 19.6. The number of amides is 3. The number of nitrogens with zero attached hydrogens (tertiary/aromatic N) is 2. The summed E-state index contributed by atoms with van der Waals surface area (Å²) in [6.07, 6.45) is -0.361. The van der Waals surface area contributed by atoms with Crippen LogP contribution in [0.3, 0.4) is 0 Å². The molecule has 2 aliphatic rings. The molecule has 2 heterocycles. The third-order valence-corrected chi connectivity index (χ3v) is 5.26. The number of nitrogens with one attached hydrogen (secondary N) is 2. The molecule has 0 radical (unpaired) electrons. The van der Waals surface area contributed by atoms with E-state index in [4.69, 9.17) is 9.47 Å². The molecule has 3 rings (SSSR count). The van der Waals surface area contributed by atoms with Crippen molar-refractivity contribution in [2.24, 2.45) is 0 Å². The minimum Gasteiger partial charge on any atom is -0.463 e. The average molecular weight is 463 g/mol. The van der Waals surface area contributed by atoms with Gasteiger partial charge in [-0.25, -0.2) is 18.8 Å². The molecule has 3 amide bonds. The van der Waals surface area contributed by atoms with Crippen LogP contribution in [0, 0.1) is 5.82 Å². The molecule has 1 saturated heterocycles. The lowest BCUT2D eigenvalue weighted by Crippen LogP contribution is -2.53. The van der Waals surface area contributed by atoms with Crippen LogP contribution in [-0.4, -0.2) is 72.8 Å². The molecule has 10 heteroatoms. The number of hydrogen-bond acceptors (Lipinski definition) is 6. The van der Waals surface area contributed by atoms with Gasteiger partial charge in [0, 0.05) is 38.4 Å². The Morgan fingerprint density at radius 3 is 2.33 bits per heavy atom. The number of rotatable bonds is 5. The minimum absolute atomic E-state index is 0.175. The molecule has 33 heavy (non-hydrogen) atoms. The molecule has 1 fully saturated rings. The van der Waals surface area contributed by atoms with Crippen molar-refractivity contribution >= 4 is 18.1 Å². The van der Waals surface area contributed by atoms with Gasteiger partial charge in [-0.05, 0) is 45.4 Å². The number of carbonyl (C=O) groups excluding carboxylic acids is 3. The van der Waals surface area contributed by atoms with Crippen molar-refractivity contribution in [1.82, 2.24) is 20.4 Å². The summed E-state index contributed by atoms with van der Waals surface area (Å²) in [7, 11) is 0. The van der Waals surface area contributed by atoms with Gasteiger partial charge in [0.1, 0.15) is 11.4 Å². The monoisotopic (exact) mass is 462 g/mol. The van der Waals surface area contributed by atoms with Gasteiger partial charge in [-0.3, -0.25) is 4.90 Å². The third kappa shape index (κ3) is 6.44. The van der Waals surface area contributed by atoms with Crippen LogP contribution in [0.5, 0.6) is 0 Å². The highest BCUT2D eigenvalue weighted by Gasteiger charge is 2.35. The number of hydrogen-bond donors (Lipinski definition) is 2. The van der Waals surface area contributed by atoms with E-state index in [9.17, 15) is 18.8 Å². The smallest absolute Gasteiger partial charge is 0.410 e. The van der Waals surface area contributed by atoms with Crippen LogP contribution in [0.2, 0.25) is 0 Å². The lowest BCUT2D eigenvalue weighted by Gasteiger charge is -2.37. The predicted octanol–water partition coefficient (Wildman–Crippen LogP) is 2.55. The molecular weight excluding hydrogens is 431 g/mol. The number of benzene rings is 1. The van der Waals surface area contributed by atoms with Gasteiger partial charge in [0.25, 0.3) is 0 Å². The van der Waals surface area contributed by atoms with Crippen LogP contribution in [-0.2, 0) is 14.3 Å². The fourth-order valence-corrected chi connectivity index (χ4v) is 3.74. The van der Waals surface area contributed by atoms with Gasteiger partial charge in [0.2, 0.25) is 0 Å². The third-order valence-electron chi connectivity index (χ3n) is 5.26. The number of piperazine rings is 1. The molecule has 180 valence electrons. The maximum absolute atomic E-state index is 13.4. The summed E-state index contributed by atoms with van der Waals surface area (Å²) in [6, 6.07) is 4.39. The van der Waals surface area contributed by atoms with E-state index in [0.717, 1.165) is 0 Å². The molecule has 9 nitrogen and oxygen atoms in total. The first kappa shape index (κ1) is 24.5. The zero-order valence-corrected chi connectivity index (χ0v) is 19.4. The second-order valence-corrected chi connectivity index (χ2v) is 8.94. The van der Waals surface area contributed by atoms with Crippen molar-refractivity contribution in [1.29, 1.82) is 0 Å². The SMILES string of the molecule is CCOC(=O)C1=C(CN2CCN(C(=O)OC(C)(C)C)CC2)NC(=O)N[C@H]1c1ccc(F)cc1. The van der Waals surface area contributed by atoms with Gasteiger partial charge in [0.05, 0.1) is 18.2 Å². The highest BCUT2D eigenvalue weighted by atomic mass is 19.1. The van der Waals surface area contributed by atoms with Crippen LogP contribution in [0.1, 0.15) is 39.3 Å². The highest BCUT2D eigenvalue weighted by molar-refractivity contribution is 5.95. The minimum atomic E-state index is -0.767. The number of halogens is 1. The maximum atomic E-state index is 13.4. The number of esters is 1. The van der Waals surface area contributed by atoms with E-state index in [1.807, 2.05) is 25.7 Å². The van der Waals surface area contributed by atoms with E-state index in [0.29, 0.717) is 44.0 Å². The first-order chi connectivity index (χ1) is 15.6. The van der Waals surface area contributed by atoms with E-state index < -0.39 is 29.5 Å². The van der Waals surface area contributed by atoms with Crippen molar-refractivity contribution in [3.8, 4) is 0 Å². The molecule has 2 aliphatic heterocycles. The van der Waals surface area contributed by atoms with Gasteiger partial charge in [-0.1, -0.05) is 12.1 Å². The van der Waals surface area contributed by atoms with Crippen molar-refractivity contribution < 1.29 is 28.2 Å². The summed E-state index contributed by atoms with van der Waals surface area (Å²) in [5.41, 5.74) is 0.707. The molecule has 1 atom stereocenters. The molecule has 0 aliphatic carbocycles. The Morgan fingerprint density at radius 2 is 1.76 bits per heavy atom. The van der Waals surface area contributed by atoms with E-state index in [2.05, 4.69) is 10.6 Å². The van der Waals surface area contributed by atoms with Crippen molar-refractivity contribution in [2.45, 2.75) is 39.3 Å². The Balaban J connectivity index is 1.79. The Hall–Kier alpha value is -3.14. The zero-order chi connectivity index (χ0) is 24.2. The van der Waals surface area contributed by atoms with Crippen LogP contribution in [0.15, 0.2) is 35.5 Å². The number of urea groups is 1. The van der Waals surface area contributed by atoms with E-state index in [-0.39, 0.29) is 18.3 Å². The van der Waals surface area contributed by atoms with Gasteiger partial charge in [-0.15, -0.1) is 0 Å². The van der Waals surface area contributed by atoms with Gasteiger partial charge >= 0.3 is 18.1 Å². The van der Waals surface area contributed by atoms with Gasteiger partial charge in [0.15, 0.2) is 0 Å². The van der Waals surface area contributed by atoms with E-state index in [1.54, 1.807) is 11.8 Å². The number of carbonyl (C=O) groups is 3. The second-order valence-electron chi connectivity index (χ2n) is 8.94. The summed E-state index contributed by atoms with van der Waals surface area (Å²) in [6.45, 7) is 9.65. The summed E-state index contributed by atoms with van der Waals surface area (Å²) in [5, 5.41) is 5.47. The number of ether oxygens (including phenoxy) is 2. The van der Waals surface area contributed by atoms with E-state index in [1.165, 1.54) is 24.3 Å². The fraction of sp³-hybridized carbons (Fsp3) is 0.522. The van der Waals surface area contributed by atoms with Gasteiger partial charge < -0.3 is 25.0 Å². The Morgan fingerprint density at radius 1 is 1.12 bits per heavy atom. The van der Waals surface area contributed by atoms with Crippen molar-refractivity contribution in [3.05, 3.63) is 46.9 Å². The molecule has 2 N–H and O–H groups in total. The maximum Gasteiger partial charge on any atom is 0.410 e. The topological polar surface area (TPSA) is 100 Å².